The topological polar surface area (TPSA) is 41.1 Å². The van der Waals surface area contributed by atoms with Gasteiger partial charge in [-0.2, -0.15) is 0 Å². The van der Waals surface area contributed by atoms with Crippen molar-refractivity contribution in [2.24, 2.45) is 0 Å². The average molecular weight is 324 g/mol. The van der Waals surface area contributed by atoms with Crippen LogP contribution < -0.4 is 10.6 Å². The molecule has 0 aliphatic heterocycles. The summed E-state index contributed by atoms with van der Waals surface area (Å²) in [7, 11) is 0. The predicted octanol–water partition coefficient (Wildman–Crippen LogP) is 3.42. The molecule has 3 nitrogen and oxygen atoms in total. The Morgan fingerprint density at radius 3 is 2.58 bits per heavy atom. The standard InChI is InChI=1S/C20H21FN2O/c21-17-8-4-7-16-15(17)11-12-18(16)23-19(13-5-2-1-3-6-13)20(24)22-14-9-10-14/h1-8,14,18-19,23H,9-12H2,(H,22,24)/t18-,19+/m1/s1. The molecule has 2 N–H and O–H groups in total. The lowest BCUT2D eigenvalue weighted by molar-refractivity contribution is -0.123. The van der Waals surface area contributed by atoms with Crippen molar-refractivity contribution in [3.63, 3.8) is 0 Å². The van der Waals surface area contributed by atoms with Gasteiger partial charge in [0.15, 0.2) is 0 Å². The molecule has 0 unspecified atom stereocenters. The van der Waals surface area contributed by atoms with E-state index in [1.165, 1.54) is 6.07 Å². The lowest BCUT2D eigenvalue weighted by Gasteiger charge is -2.23. The molecular weight excluding hydrogens is 303 g/mol. The fourth-order valence-corrected chi connectivity index (χ4v) is 3.46. The second-order valence-electron chi connectivity index (χ2n) is 6.69. The minimum Gasteiger partial charge on any atom is -0.352 e. The van der Waals surface area contributed by atoms with Gasteiger partial charge in [-0.15, -0.1) is 0 Å². The highest BCUT2D eigenvalue weighted by atomic mass is 19.1. The van der Waals surface area contributed by atoms with Crippen molar-refractivity contribution in [1.82, 2.24) is 10.6 Å². The molecule has 0 saturated heterocycles. The predicted molar refractivity (Wildman–Crippen MR) is 90.9 cm³/mol. The number of hydrogen-bond donors (Lipinski definition) is 2. The van der Waals surface area contributed by atoms with Gasteiger partial charge in [0.2, 0.25) is 5.91 Å². The van der Waals surface area contributed by atoms with Crippen LogP contribution in [0.3, 0.4) is 0 Å². The van der Waals surface area contributed by atoms with Gasteiger partial charge in [-0.3, -0.25) is 10.1 Å². The van der Waals surface area contributed by atoms with Crippen LogP contribution in [0.2, 0.25) is 0 Å². The Balaban J connectivity index is 1.59. The lowest BCUT2D eigenvalue weighted by atomic mass is 10.0. The van der Waals surface area contributed by atoms with Crippen molar-refractivity contribution in [2.45, 2.75) is 43.8 Å². The first kappa shape index (κ1) is 15.3. The molecule has 2 aromatic carbocycles. The second-order valence-corrected chi connectivity index (χ2v) is 6.69. The van der Waals surface area contributed by atoms with Crippen molar-refractivity contribution < 1.29 is 9.18 Å². The molecule has 2 aromatic rings. The zero-order chi connectivity index (χ0) is 16.5. The van der Waals surface area contributed by atoms with Crippen LogP contribution in [0.15, 0.2) is 48.5 Å². The maximum absolute atomic E-state index is 14.0. The van der Waals surface area contributed by atoms with Crippen molar-refractivity contribution in [1.29, 1.82) is 0 Å². The number of halogens is 1. The third kappa shape index (κ3) is 3.06. The van der Waals surface area contributed by atoms with Crippen molar-refractivity contribution >= 4 is 5.91 Å². The van der Waals surface area contributed by atoms with Gasteiger partial charge in [0.25, 0.3) is 0 Å². The second kappa shape index (κ2) is 6.36. The fraction of sp³-hybridized carbons (Fsp3) is 0.350. The molecular formula is C20H21FN2O. The Morgan fingerprint density at radius 2 is 1.83 bits per heavy atom. The molecule has 124 valence electrons. The Hall–Kier alpha value is -2.20. The van der Waals surface area contributed by atoms with Crippen LogP contribution in [-0.2, 0) is 11.2 Å². The molecule has 2 atom stereocenters. The van der Waals surface area contributed by atoms with Gasteiger partial charge in [-0.1, -0.05) is 42.5 Å². The molecule has 24 heavy (non-hydrogen) atoms. The van der Waals surface area contributed by atoms with Gasteiger partial charge in [-0.05, 0) is 48.4 Å². The van der Waals surface area contributed by atoms with Gasteiger partial charge in [0, 0.05) is 12.1 Å². The quantitative estimate of drug-likeness (QED) is 0.885. The summed E-state index contributed by atoms with van der Waals surface area (Å²) in [4.78, 5) is 12.7. The SMILES string of the molecule is O=C(NC1CC1)[C@@H](N[C@@H]1CCc2c(F)cccc21)c1ccccc1. The first-order chi connectivity index (χ1) is 11.7. The lowest BCUT2D eigenvalue weighted by Crippen LogP contribution is -2.39. The number of amides is 1. The maximum atomic E-state index is 14.0. The van der Waals surface area contributed by atoms with E-state index in [0.29, 0.717) is 12.5 Å². The number of benzene rings is 2. The first-order valence-electron chi connectivity index (χ1n) is 8.61. The molecule has 4 rings (SSSR count). The van der Waals surface area contributed by atoms with E-state index in [0.717, 1.165) is 36.0 Å². The number of hydrogen-bond acceptors (Lipinski definition) is 2. The van der Waals surface area contributed by atoms with Gasteiger partial charge in [-0.25, -0.2) is 4.39 Å². The van der Waals surface area contributed by atoms with Crippen LogP contribution in [0.1, 0.15) is 48.0 Å². The normalized spacial score (nSPS) is 20.5. The Kier molecular flexibility index (Phi) is 4.07. The summed E-state index contributed by atoms with van der Waals surface area (Å²) in [5.41, 5.74) is 2.71. The van der Waals surface area contributed by atoms with Crippen molar-refractivity contribution in [2.75, 3.05) is 0 Å². The molecule has 0 radical (unpaired) electrons. The van der Waals surface area contributed by atoms with E-state index >= 15 is 0 Å². The number of nitrogens with one attached hydrogen (secondary N) is 2. The third-order valence-electron chi connectivity index (χ3n) is 4.90. The highest BCUT2D eigenvalue weighted by molar-refractivity contribution is 5.83. The molecule has 1 fully saturated rings. The van der Waals surface area contributed by atoms with Crippen molar-refractivity contribution in [3.05, 3.63) is 71.0 Å². The van der Waals surface area contributed by atoms with Crippen LogP contribution in [0, 0.1) is 5.82 Å². The summed E-state index contributed by atoms with van der Waals surface area (Å²) in [6, 6.07) is 14.9. The first-order valence-corrected chi connectivity index (χ1v) is 8.61. The van der Waals surface area contributed by atoms with E-state index in [1.807, 2.05) is 36.4 Å². The summed E-state index contributed by atoms with van der Waals surface area (Å²) in [6.45, 7) is 0. The van der Waals surface area contributed by atoms with Gasteiger partial charge < -0.3 is 5.32 Å². The Morgan fingerprint density at radius 1 is 1.04 bits per heavy atom. The van der Waals surface area contributed by atoms with Crippen LogP contribution in [0.25, 0.3) is 0 Å². The third-order valence-corrected chi connectivity index (χ3v) is 4.90. The largest absolute Gasteiger partial charge is 0.352 e. The van der Waals surface area contributed by atoms with Crippen LogP contribution in [0.5, 0.6) is 0 Å². The number of rotatable bonds is 5. The van der Waals surface area contributed by atoms with E-state index < -0.39 is 6.04 Å². The summed E-state index contributed by atoms with van der Waals surface area (Å²) >= 11 is 0. The molecule has 0 aromatic heterocycles. The number of fused-ring (bicyclic) bond motifs is 1. The minimum atomic E-state index is -0.411. The Bertz CT molecular complexity index is 743. The van der Waals surface area contributed by atoms with E-state index in [-0.39, 0.29) is 17.8 Å². The van der Waals surface area contributed by atoms with E-state index in [9.17, 15) is 9.18 Å². The maximum Gasteiger partial charge on any atom is 0.241 e. The summed E-state index contributed by atoms with van der Waals surface area (Å²) in [5.74, 6) is -0.135. The Labute approximate surface area is 141 Å². The van der Waals surface area contributed by atoms with E-state index in [1.54, 1.807) is 6.07 Å². The molecule has 1 amide bonds. The van der Waals surface area contributed by atoms with Crippen LogP contribution in [-0.4, -0.2) is 11.9 Å². The van der Waals surface area contributed by atoms with Gasteiger partial charge >= 0.3 is 0 Å². The monoisotopic (exact) mass is 324 g/mol. The molecule has 0 spiro atoms. The summed E-state index contributed by atoms with van der Waals surface area (Å²) < 4.78 is 14.0. The molecule has 2 aliphatic rings. The summed E-state index contributed by atoms with van der Waals surface area (Å²) in [6.07, 6.45) is 3.65. The van der Waals surface area contributed by atoms with Gasteiger partial charge in [0.05, 0.1) is 0 Å². The van der Waals surface area contributed by atoms with Gasteiger partial charge in [0.1, 0.15) is 11.9 Å². The molecule has 0 bridgehead atoms. The zero-order valence-corrected chi connectivity index (χ0v) is 13.5. The number of carbonyl (C=O) groups is 1. The highest BCUT2D eigenvalue weighted by Crippen LogP contribution is 2.34. The molecule has 4 heteroatoms. The van der Waals surface area contributed by atoms with Crippen LogP contribution >= 0.6 is 0 Å². The zero-order valence-electron chi connectivity index (χ0n) is 13.5. The van der Waals surface area contributed by atoms with Crippen molar-refractivity contribution in [3.8, 4) is 0 Å². The van der Waals surface area contributed by atoms with E-state index in [2.05, 4.69) is 10.6 Å². The highest BCUT2D eigenvalue weighted by Gasteiger charge is 2.32. The number of carbonyl (C=O) groups excluding carboxylic acids is 1. The van der Waals surface area contributed by atoms with E-state index in [4.69, 9.17) is 0 Å². The fourth-order valence-electron chi connectivity index (χ4n) is 3.46. The minimum absolute atomic E-state index is 0.00543. The molecule has 0 heterocycles. The smallest absolute Gasteiger partial charge is 0.241 e. The molecule has 1 saturated carbocycles. The molecule has 2 aliphatic carbocycles. The average Bonchev–Trinajstić information content (AvgIpc) is 3.31. The summed E-state index contributed by atoms with van der Waals surface area (Å²) in [5, 5.41) is 6.56. The van der Waals surface area contributed by atoms with Crippen LogP contribution in [0.4, 0.5) is 4.39 Å².